The number of rotatable bonds is 4. The Kier molecular flexibility index (Phi) is 4.94. The first-order valence-electron chi connectivity index (χ1n) is 8.60. The Morgan fingerprint density at radius 2 is 2.11 bits per heavy atom. The number of anilines is 1. The second kappa shape index (κ2) is 7.69. The van der Waals surface area contributed by atoms with Crippen LogP contribution < -0.4 is 15.0 Å². The van der Waals surface area contributed by atoms with Crippen molar-refractivity contribution in [1.82, 2.24) is 30.5 Å². The fourth-order valence-electron chi connectivity index (χ4n) is 2.80. The lowest BCUT2D eigenvalue weighted by molar-refractivity contribution is 0.0927. The van der Waals surface area contributed by atoms with Crippen LogP contribution in [0, 0.1) is 0 Å². The van der Waals surface area contributed by atoms with Crippen LogP contribution in [0.3, 0.4) is 0 Å². The Bertz CT molecular complexity index is 1010. The van der Waals surface area contributed by atoms with E-state index < -0.39 is 11.9 Å². The van der Waals surface area contributed by atoms with Crippen molar-refractivity contribution in [2.45, 2.75) is 12.6 Å². The minimum atomic E-state index is -0.525. The highest BCUT2D eigenvalue weighted by atomic mass is 32.1. The van der Waals surface area contributed by atoms with Crippen LogP contribution in [0.25, 0.3) is 0 Å². The molecule has 0 fully saturated rings. The summed E-state index contributed by atoms with van der Waals surface area (Å²) in [6.07, 6.45) is 1.66. The molecule has 1 amide bonds. The number of tetrazole rings is 1. The van der Waals surface area contributed by atoms with Gasteiger partial charge in [-0.25, -0.2) is 4.98 Å². The van der Waals surface area contributed by atoms with Crippen molar-refractivity contribution in [1.29, 1.82) is 0 Å². The van der Waals surface area contributed by atoms with Gasteiger partial charge in [-0.3, -0.25) is 4.79 Å². The molecule has 142 valence electrons. The number of ether oxygens (including phenoxy) is 1. The summed E-state index contributed by atoms with van der Waals surface area (Å²) in [4.78, 5) is 20.5. The molecule has 0 bridgehead atoms. The Balaban J connectivity index is 1.45. The molecule has 3 aromatic rings. The molecule has 1 atom stereocenters. The smallest absolute Gasteiger partial charge is 0.293 e. The van der Waals surface area contributed by atoms with Crippen LogP contribution in [0.5, 0.6) is 5.75 Å². The average Bonchev–Trinajstić information content (AvgIpc) is 3.15. The average molecular weight is 395 g/mol. The van der Waals surface area contributed by atoms with E-state index in [4.69, 9.17) is 17.0 Å². The van der Waals surface area contributed by atoms with Crippen LogP contribution in [0.1, 0.15) is 16.2 Å². The van der Waals surface area contributed by atoms with Crippen molar-refractivity contribution >= 4 is 28.9 Å². The van der Waals surface area contributed by atoms with Gasteiger partial charge in [-0.2, -0.15) is 4.80 Å². The summed E-state index contributed by atoms with van der Waals surface area (Å²) >= 11 is 5.50. The van der Waals surface area contributed by atoms with Crippen molar-refractivity contribution < 1.29 is 9.53 Å². The van der Waals surface area contributed by atoms with E-state index in [1.807, 2.05) is 36.4 Å². The lowest BCUT2D eigenvalue weighted by Gasteiger charge is -2.22. The molecule has 0 spiro atoms. The van der Waals surface area contributed by atoms with Crippen LogP contribution in [0.15, 0.2) is 48.7 Å². The van der Waals surface area contributed by atoms with Gasteiger partial charge < -0.3 is 15.0 Å². The zero-order chi connectivity index (χ0) is 19.5. The molecule has 1 N–H and O–H groups in total. The maximum absolute atomic E-state index is 12.6. The summed E-state index contributed by atoms with van der Waals surface area (Å²) in [5.74, 6) is 0.719. The molecule has 0 aliphatic carbocycles. The molecular formula is C18H17N7O2S. The first kappa shape index (κ1) is 18.0. The van der Waals surface area contributed by atoms with Crippen molar-refractivity contribution in [3.05, 3.63) is 60.0 Å². The number of thiocarbonyl (C=S) groups is 1. The summed E-state index contributed by atoms with van der Waals surface area (Å²) < 4.78 is 5.75. The van der Waals surface area contributed by atoms with E-state index >= 15 is 0 Å². The van der Waals surface area contributed by atoms with Crippen molar-refractivity contribution in [2.75, 3.05) is 18.6 Å². The van der Waals surface area contributed by atoms with Gasteiger partial charge in [-0.05, 0) is 22.9 Å². The van der Waals surface area contributed by atoms with Gasteiger partial charge >= 0.3 is 0 Å². The van der Waals surface area contributed by atoms with E-state index in [1.165, 1.54) is 4.80 Å². The monoisotopic (exact) mass is 395 g/mol. The molecule has 1 aromatic carbocycles. The second-order valence-corrected chi connectivity index (χ2v) is 6.61. The van der Waals surface area contributed by atoms with E-state index in [0.717, 1.165) is 5.56 Å². The number of nitrogens with zero attached hydrogens (tertiary/aromatic N) is 6. The minimum Gasteiger partial charge on any atom is -0.487 e. The predicted molar refractivity (Wildman–Crippen MR) is 105 cm³/mol. The molecule has 28 heavy (non-hydrogen) atoms. The number of likely N-dealkylation sites (N-methyl/N-ethyl adjacent to an activating group) is 1. The van der Waals surface area contributed by atoms with Crippen LogP contribution in [0.2, 0.25) is 0 Å². The fourth-order valence-corrected chi connectivity index (χ4v) is 3.02. The SMILES string of the molecule is CN1C(=S)C(NC(=O)c2nnn(Cc3ccccc3)n2)COc2cccnc21. The zero-order valence-corrected chi connectivity index (χ0v) is 15.8. The number of aromatic nitrogens is 5. The van der Waals surface area contributed by atoms with Gasteiger partial charge in [0.05, 0.1) is 6.54 Å². The molecule has 10 heteroatoms. The number of nitrogens with one attached hydrogen (secondary N) is 1. The Hall–Kier alpha value is -3.40. The summed E-state index contributed by atoms with van der Waals surface area (Å²) in [7, 11) is 1.79. The van der Waals surface area contributed by atoms with Gasteiger partial charge in [0.2, 0.25) is 0 Å². The molecular weight excluding hydrogens is 378 g/mol. The van der Waals surface area contributed by atoms with Crippen molar-refractivity contribution in [2.24, 2.45) is 0 Å². The van der Waals surface area contributed by atoms with Crippen LogP contribution in [-0.2, 0) is 6.54 Å². The van der Waals surface area contributed by atoms with Crippen LogP contribution >= 0.6 is 12.2 Å². The van der Waals surface area contributed by atoms with E-state index in [9.17, 15) is 4.79 Å². The first-order chi connectivity index (χ1) is 13.6. The molecule has 1 aliphatic heterocycles. The molecule has 4 rings (SSSR count). The van der Waals surface area contributed by atoms with E-state index in [0.29, 0.717) is 23.1 Å². The van der Waals surface area contributed by atoms with Crippen LogP contribution in [-0.4, -0.2) is 55.8 Å². The number of hydrogen-bond acceptors (Lipinski definition) is 7. The number of benzene rings is 1. The van der Waals surface area contributed by atoms with Gasteiger partial charge in [0.1, 0.15) is 17.6 Å². The maximum atomic E-state index is 12.6. The molecule has 1 unspecified atom stereocenters. The van der Waals surface area contributed by atoms with Crippen molar-refractivity contribution in [3.8, 4) is 5.75 Å². The van der Waals surface area contributed by atoms with E-state index in [-0.39, 0.29) is 12.4 Å². The Morgan fingerprint density at radius 1 is 1.29 bits per heavy atom. The zero-order valence-electron chi connectivity index (χ0n) is 15.0. The largest absolute Gasteiger partial charge is 0.487 e. The van der Waals surface area contributed by atoms with Gasteiger partial charge in [0, 0.05) is 13.2 Å². The van der Waals surface area contributed by atoms with Gasteiger partial charge in [0.15, 0.2) is 11.6 Å². The van der Waals surface area contributed by atoms with Gasteiger partial charge in [0.25, 0.3) is 11.7 Å². The summed E-state index contributed by atoms with van der Waals surface area (Å²) in [5.41, 5.74) is 1.01. The molecule has 1 aliphatic rings. The van der Waals surface area contributed by atoms with E-state index in [1.54, 1.807) is 24.2 Å². The molecule has 2 aromatic heterocycles. The topological polar surface area (TPSA) is 98.1 Å². The lowest BCUT2D eigenvalue weighted by atomic mass is 10.2. The Labute approximate surface area is 166 Å². The summed E-state index contributed by atoms with van der Waals surface area (Å²) in [6.45, 7) is 0.613. The molecule has 9 nitrogen and oxygen atoms in total. The minimum absolute atomic E-state index is 0.0266. The number of pyridine rings is 1. The predicted octanol–water partition coefficient (Wildman–Crippen LogP) is 1.07. The molecule has 0 saturated carbocycles. The number of fused-ring (bicyclic) bond motifs is 1. The third kappa shape index (κ3) is 3.67. The number of hydrogen-bond donors (Lipinski definition) is 1. The summed E-state index contributed by atoms with van der Waals surface area (Å²) in [6, 6.07) is 12.7. The third-order valence-electron chi connectivity index (χ3n) is 4.23. The molecule has 0 radical (unpaired) electrons. The molecule has 3 heterocycles. The van der Waals surface area contributed by atoms with Gasteiger partial charge in [-0.15, -0.1) is 10.2 Å². The fraction of sp³-hybridized carbons (Fsp3) is 0.222. The Morgan fingerprint density at radius 3 is 2.93 bits per heavy atom. The van der Waals surface area contributed by atoms with Crippen molar-refractivity contribution in [3.63, 3.8) is 0 Å². The normalized spacial score (nSPS) is 16.1. The highest BCUT2D eigenvalue weighted by molar-refractivity contribution is 7.80. The van der Waals surface area contributed by atoms with Crippen LogP contribution in [0.4, 0.5) is 5.82 Å². The highest BCUT2D eigenvalue weighted by Gasteiger charge is 2.29. The first-order valence-corrected chi connectivity index (χ1v) is 9.00. The molecule has 0 saturated heterocycles. The second-order valence-electron chi connectivity index (χ2n) is 6.19. The number of amides is 1. The number of carbonyl (C=O) groups excluding carboxylic acids is 1. The highest BCUT2D eigenvalue weighted by Crippen LogP contribution is 2.27. The maximum Gasteiger partial charge on any atom is 0.293 e. The number of carbonyl (C=O) groups is 1. The van der Waals surface area contributed by atoms with Gasteiger partial charge in [-0.1, -0.05) is 42.5 Å². The third-order valence-corrected chi connectivity index (χ3v) is 4.79. The lowest BCUT2D eigenvalue weighted by Crippen LogP contribution is -2.48. The van der Waals surface area contributed by atoms with E-state index in [2.05, 4.69) is 25.7 Å². The standard InChI is InChI=1S/C18H17N7O2S/c1-24-16-14(8-5-9-19-16)27-11-13(18(24)28)20-17(26)15-21-23-25(22-15)10-12-6-3-2-4-7-12/h2-9,13H,10-11H2,1H3,(H,20,26). The summed E-state index contributed by atoms with van der Waals surface area (Å²) in [5, 5.41) is 14.8. The quantitative estimate of drug-likeness (QED) is 0.655.